The number of aliphatic carboxylic acids is 1. The highest BCUT2D eigenvalue weighted by atomic mass is 35.5. The molecule has 1 atom stereocenters. The molecule has 0 heterocycles. The number of carbonyl (C=O) groups excluding carboxylic acids is 1. The molecular formula is C18H27ClN2O3. The van der Waals surface area contributed by atoms with Crippen LogP contribution in [0.2, 0.25) is 0 Å². The Hall–Kier alpha value is -2.11. The summed E-state index contributed by atoms with van der Waals surface area (Å²) >= 11 is 0. The number of amides is 1. The number of hydrogen-bond donors (Lipinski definition) is 3. The predicted molar refractivity (Wildman–Crippen MR) is 100 cm³/mol. The molecule has 5 nitrogen and oxygen atoms in total. The van der Waals surface area contributed by atoms with Crippen molar-refractivity contribution in [3.05, 3.63) is 61.2 Å². The lowest BCUT2D eigenvalue weighted by Gasteiger charge is -2.32. The summed E-state index contributed by atoms with van der Waals surface area (Å²) in [5, 5.41) is 13.9. The minimum absolute atomic E-state index is 0. The Morgan fingerprint density at radius 1 is 1.21 bits per heavy atom. The van der Waals surface area contributed by atoms with Crippen molar-refractivity contribution in [2.24, 2.45) is 0 Å². The quantitative estimate of drug-likeness (QED) is 0.519. The highest BCUT2D eigenvalue weighted by Crippen LogP contribution is 2.20. The molecule has 1 aromatic rings. The molecule has 1 aromatic carbocycles. The maximum atomic E-state index is 11.3. The zero-order chi connectivity index (χ0) is 17.9. The molecule has 3 N–H and O–H groups in total. The average molecular weight is 355 g/mol. The van der Waals surface area contributed by atoms with Crippen LogP contribution in [0.3, 0.4) is 0 Å². The molecule has 0 spiro atoms. The van der Waals surface area contributed by atoms with Crippen LogP contribution in [0.15, 0.2) is 55.6 Å². The zero-order valence-corrected chi connectivity index (χ0v) is 15.2. The molecule has 0 fully saturated rings. The van der Waals surface area contributed by atoms with Crippen molar-refractivity contribution in [3.8, 4) is 0 Å². The van der Waals surface area contributed by atoms with E-state index in [2.05, 4.69) is 49.8 Å². The van der Waals surface area contributed by atoms with Gasteiger partial charge in [0.2, 0.25) is 5.91 Å². The van der Waals surface area contributed by atoms with Crippen LogP contribution < -0.4 is 10.6 Å². The van der Waals surface area contributed by atoms with E-state index in [0.717, 1.165) is 12.5 Å². The lowest BCUT2D eigenvalue weighted by atomic mass is 9.94. The summed E-state index contributed by atoms with van der Waals surface area (Å²) in [6, 6.07) is 10.2. The van der Waals surface area contributed by atoms with Crippen molar-refractivity contribution in [3.63, 3.8) is 0 Å². The third-order valence-electron chi connectivity index (χ3n) is 3.12. The monoisotopic (exact) mass is 354 g/mol. The fourth-order valence-electron chi connectivity index (χ4n) is 1.84. The first-order valence-electron chi connectivity index (χ1n) is 7.38. The van der Waals surface area contributed by atoms with E-state index < -0.39 is 5.97 Å². The van der Waals surface area contributed by atoms with Gasteiger partial charge >= 0.3 is 5.97 Å². The summed E-state index contributed by atoms with van der Waals surface area (Å²) in [6.45, 7) is 12.7. The highest BCUT2D eigenvalue weighted by Gasteiger charge is 2.23. The van der Waals surface area contributed by atoms with Crippen molar-refractivity contribution in [1.29, 1.82) is 0 Å². The van der Waals surface area contributed by atoms with E-state index in [1.54, 1.807) is 0 Å². The minimum atomic E-state index is -0.981. The van der Waals surface area contributed by atoms with Crippen LogP contribution in [0.25, 0.3) is 0 Å². The molecule has 1 unspecified atom stereocenters. The minimum Gasteiger partial charge on any atom is -0.478 e. The largest absolute Gasteiger partial charge is 0.478 e. The smallest absolute Gasteiger partial charge is 0.327 e. The molecule has 0 aliphatic rings. The number of hydrogen-bond acceptors (Lipinski definition) is 3. The number of benzene rings is 1. The summed E-state index contributed by atoms with van der Waals surface area (Å²) in [4.78, 5) is 20.6. The molecule has 0 aliphatic carbocycles. The molecule has 0 saturated carbocycles. The Balaban J connectivity index is 0. The summed E-state index contributed by atoms with van der Waals surface area (Å²) in [6.07, 6.45) is 2.88. The van der Waals surface area contributed by atoms with Crippen molar-refractivity contribution in [1.82, 2.24) is 10.6 Å². The lowest BCUT2D eigenvalue weighted by molar-refractivity contribution is -0.131. The van der Waals surface area contributed by atoms with Gasteiger partial charge in [0.05, 0.1) is 6.17 Å². The third-order valence-corrected chi connectivity index (χ3v) is 3.12. The summed E-state index contributed by atoms with van der Waals surface area (Å²) < 4.78 is 0. The van der Waals surface area contributed by atoms with Crippen LogP contribution in [0, 0.1) is 0 Å². The molecule has 0 bridgehead atoms. The first-order chi connectivity index (χ1) is 10.8. The SMILES string of the molecule is C=CC(=O)NC(CC)NC(C)(C)c1ccccc1.C=CC(=O)O.Cl. The lowest BCUT2D eigenvalue weighted by Crippen LogP contribution is -2.52. The standard InChI is InChI=1S/C15H22N2O.C3H4O2.ClH/c1-5-13(16-14(18)6-2)17-15(3,4)12-10-8-7-9-11-12;1-2-3(4)5;/h6-11,13,17H,2,5H2,1,3-4H3,(H,16,18);2H,1H2,(H,4,5);1H. The average Bonchev–Trinajstić information content (AvgIpc) is 2.55. The van der Waals surface area contributed by atoms with Gasteiger partial charge in [0.25, 0.3) is 0 Å². The van der Waals surface area contributed by atoms with E-state index in [4.69, 9.17) is 5.11 Å². The third kappa shape index (κ3) is 9.82. The number of carboxylic acid groups (broad SMARTS) is 1. The molecule has 1 amide bonds. The van der Waals surface area contributed by atoms with Crippen LogP contribution in [-0.4, -0.2) is 23.1 Å². The van der Waals surface area contributed by atoms with Gasteiger partial charge in [-0.1, -0.05) is 50.4 Å². The van der Waals surface area contributed by atoms with Gasteiger partial charge in [-0.3, -0.25) is 10.1 Å². The second kappa shape index (κ2) is 12.3. The number of rotatable bonds is 7. The normalized spacial score (nSPS) is 11.0. The van der Waals surface area contributed by atoms with E-state index >= 15 is 0 Å². The Labute approximate surface area is 150 Å². The van der Waals surface area contributed by atoms with Crippen LogP contribution in [0.1, 0.15) is 32.8 Å². The second-order valence-corrected chi connectivity index (χ2v) is 5.35. The molecule has 24 heavy (non-hydrogen) atoms. The van der Waals surface area contributed by atoms with Crippen molar-refractivity contribution in [2.75, 3.05) is 0 Å². The van der Waals surface area contributed by atoms with Crippen LogP contribution in [0.4, 0.5) is 0 Å². The van der Waals surface area contributed by atoms with Gasteiger partial charge in [-0.25, -0.2) is 4.79 Å². The van der Waals surface area contributed by atoms with Crippen LogP contribution in [0.5, 0.6) is 0 Å². The molecule has 0 aliphatic heterocycles. The number of nitrogens with one attached hydrogen (secondary N) is 2. The molecule has 134 valence electrons. The fourth-order valence-corrected chi connectivity index (χ4v) is 1.84. The van der Waals surface area contributed by atoms with Gasteiger partial charge in [-0.05, 0) is 31.9 Å². The number of halogens is 1. The zero-order valence-electron chi connectivity index (χ0n) is 14.4. The molecule has 6 heteroatoms. The van der Waals surface area contributed by atoms with Crippen molar-refractivity contribution in [2.45, 2.75) is 38.9 Å². The Bertz CT molecular complexity index is 530. The summed E-state index contributed by atoms with van der Waals surface area (Å²) in [5.41, 5.74) is 0.993. The van der Waals surface area contributed by atoms with Gasteiger partial charge in [-0.15, -0.1) is 12.4 Å². The molecule has 0 saturated heterocycles. The highest BCUT2D eigenvalue weighted by molar-refractivity contribution is 5.87. The van der Waals surface area contributed by atoms with Crippen LogP contribution in [-0.2, 0) is 15.1 Å². The van der Waals surface area contributed by atoms with E-state index in [9.17, 15) is 9.59 Å². The Morgan fingerprint density at radius 2 is 1.71 bits per heavy atom. The van der Waals surface area contributed by atoms with Gasteiger partial charge in [0.1, 0.15) is 0 Å². The van der Waals surface area contributed by atoms with E-state index in [1.165, 1.54) is 11.6 Å². The maximum Gasteiger partial charge on any atom is 0.327 e. The molecule has 1 rings (SSSR count). The summed E-state index contributed by atoms with van der Waals surface area (Å²) in [5.74, 6) is -1.14. The maximum absolute atomic E-state index is 11.3. The van der Waals surface area contributed by atoms with Gasteiger partial charge in [-0.2, -0.15) is 0 Å². The topological polar surface area (TPSA) is 78.4 Å². The first kappa shape index (κ1) is 24.1. The fraction of sp³-hybridized carbons (Fsp3) is 0.333. The predicted octanol–water partition coefficient (Wildman–Crippen LogP) is 3.23. The number of carbonyl (C=O) groups is 2. The van der Waals surface area contributed by atoms with Gasteiger partial charge < -0.3 is 10.4 Å². The van der Waals surface area contributed by atoms with Gasteiger partial charge in [0.15, 0.2) is 0 Å². The van der Waals surface area contributed by atoms with E-state index in [0.29, 0.717) is 0 Å². The summed E-state index contributed by atoms with van der Waals surface area (Å²) in [7, 11) is 0. The Kier molecular flexibility index (Phi) is 12.4. The van der Waals surface area contributed by atoms with Crippen molar-refractivity contribution < 1.29 is 14.7 Å². The molecular weight excluding hydrogens is 328 g/mol. The van der Waals surface area contributed by atoms with E-state index in [1.807, 2.05) is 25.1 Å². The van der Waals surface area contributed by atoms with Crippen molar-refractivity contribution >= 4 is 24.3 Å². The molecule has 0 radical (unpaired) electrons. The Morgan fingerprint density at radius 3 is 2.08 bits per heavy atom. The molecule has 0 aromatic heterocycles. The van der Waals surface area contributed by atoms with Gasteiger partial charge in [0, 0.05) is 11.6 Å². The van der Waals surface area contributed by atoms with E-state index in [-0.39, 0.29) is 30.0 Å². The second-order valence-electron chi connectivity index (χ2n) is 5.35. The first-order valence-corrected chi connectivity index (χ1v) is 7.38. The number of carboxylic acids is 1. The van der Waals surface area contributed by atoms with Crippen LogP contribution >= 0.6 is 12.4 Å².